The molecule has 1 aromatic rings. The normalized spacial score (nSPS) is 19.4. The average Bonchev–Trinajstić information content (AvgIpc) is 3.19. The smallest absolute Gasteiger partial charge is 0.315 e. The van der Waals surface area contributed by atoms with Crippen molar-refractivity contribution in [2.24, 2.45) is 5.92 Å². The molecule has 0 spiro atoms. The molecular formula is C16H22N2O2. The summed E-state index contributed by atoms with van der Waals surface area (Å²) in [5.41, 5.74) is 2.71. The molecule has 0 aliphatic heterocycles. The third-order valence-corrected chi connectivity index (χ3v) is 4.24. The number of hydrogen-bond acceptors (Lipinski definition) is 2. The van der Waals surface area contributed by atoms with Crippen molar-refractivity contribution in [1.82, 2.24) is 10.6 Å². The Morgan fingerprint density at radius 3 is 2.50 bits per heavy atom. The number of urea groups is 1. The lowest BCUT2D eigenvalue weighted by molar-refractivity contribution is 0.157. The van der Waals surface area contributed by atoms with Gasteiger partial charge in [-0.2, -0.15) is 0 Å². The zero-order valence-corrected chi connectivity index (χ0v) is 11.9. The first kappa shape index (κ1) is 13.4. The highest BCUT2D eigenvalue weighted by Gasteiger charge is 2.32. The van der Waals surface area contributed by atoms with Gasteiger partial charge < -0.3 is 15.4 Å². The van der Waals surface area contributed by atoms with Crippen molar-refractivity contribution in [3.8, 4) is 0 Å². The van der Waals surface area contributed by atoms with Crippen LogP contribution in [0.25, 0.3) is 0 Å². The van der Waals surface area contributed by atoms with Crippen molar-refractivity contribution in [3.05, 3.63) is 35.4 Å². The van der Waals surface area contributed by atoms with E-state index in [1.807, 2.05) is 0 Å². The van der Waals surface area contributed by atoms with Crippen molar-refractivity contribution in [2.75, 3.05) is 13.7 Å². The summed E-state index contributed by atoms with van der Waals surface area (Å²) in [6, 6.07) is 8.72. The number of methoxy groups -OCH3 is 1. The predicted octanol–water partition coefficient (Wildman–Crippen LogP) is 1.88. The minimum atomic E-state index is -0.0586. The van der Waals surface area contributed by atoms with E-state index < -0.39 is 0 Å². The van der Waals surface area contributed by atoms with E-state index in [1.54, 1.807) is 7.11 Å². The van der Waals surface area contributed by atoms with E-state index in [0.29, 0.717) is 12.5 Å². The Hall–Kier alpha value is -1.55. The molecule has 1 atom stereocenters. The maximum absolute atomic E-state index is 12.1. The Balaban J connectivity index is 1.50. The molecule has 4 heteroatoms. The van der Waals surface area contributed by atoms with Gasteiger partial charge in [0, 0.05) is 13.2 Å². The zero-order valence-electron chi connectivity index (χ0n) is 11.9. The van der Waals surface area contributed by atoms with Crippen LogP contribution in [-0.2, 0) is 17.6 Å². The summed E-state index contributed by atoms with van der Waals surface area (Å²) in [5.74, 6) is 0.599. The molecule has 0 unspecified atom stereocenters. The monoisotopic (exact) mass is 274 g/mol. The highest BCUT2D eigenvalue weighted by molar-refractivity contribution is 5.75. The van der Waals surface area contributed by atoms with Crippen LogP contribution in [0.1, 0.15) is 24.0 Å². The molecule has 2 aliphatic carbocycles. The van der Waals surface area contributed by atoms with E-state index in [4.69, 9.17) is 4.74 Å². The lowest BCUT2D eigenvalue weighted by Gasteiger charge is -2.20. The van der Waals surface area contributed by atoms with Gasteiger partial charge in [0.05, 0.1) is 12.6 Å². The van der Waals surface area contributed by atoms with Crippen LogP contribution in [0.2, 0.25) is 0 Å². The Labute approximate surface area is 119 Å². The van der Waals surface area contributed by atoms with Crippen molar-refractivity contribution < 1.29 is 9.53 Å². The van der Waals surface area contributed by atoms with E-state index in [0.717, 1.165) is 12.8 Å². The van der Waals surface area contributed by atoms with E-state index >= 15 is 0 Å². The van der Waals surface area contributed by atoms with Crippen LogP contribution >= 0.6 is 0 Å². The van der Waals surface area contributed by atoms with Crippen LogP contribution in [0.15, 0.2) is 24.3 Å². The van der Waals surface area contributed by atoms with E-state index in [2.05, 4.69) is 34.9 Å². The average molecular weight is 274 g/mol. The molecule has 4 nitrogen and oxygen atoms in total. The fraction of sp³-hybridized carbons (Fsp3) is 0.562. The Kier molecular flexibility index (Phi) is 3.92. The molecule has 0 saturated heterocycles. The van der Waals surface area contributed by atoms with Gasteiger partial charge in [-0.1, -0.05) is 24.3 Å². The molecule has 0 aromatic heterocycles. The van der Waals surface area contributed by atoms with Gasteiger partial charge in [0.1, 0.15) is 0 Å². The second kappa shape index (κ2) is 5.83. The summed E-state index contributed by atoms with van der Waals surface area (Å²) in [4.78, 5) is 12.1. The van der Waals surface area contributed by atoms with Gasteiger partial charge in [-0.3, -0.25) is 0 Å². The van der Waals surface area contributed by atoms with Crippen molar-refractivity contribution >= 4 is 6.03 Å². The number of fused-ring (bicyclic) bond motifs is 1. The van der Waals surface area contributed by atoms with E-state index in [1.165, 1.54) is 24.0 Å². The molecule has 1 fully saturated rings. The molecule has 108 valence electrons. The first-order valence-corrected chi connectivity index (χ1v) is 7.39. The second-order valence-corrected chi connectivity index (χ2v) is 5.89. The number of ether oxygens (including phenoxy) is 1. The standard InChI is InChI=1S/C16H22N2O2/c1-20-10-15(11-6-7-11)18-16(19)17-14-8-12-4-2-3-5-13(12)9-14/h2-5,11,14-15H,6-10H2,1H3,(H2,17,18,19)/t15-/m1/s1. The molecule has 0 bridgehead atoms. The summed E-state index contributed by atoms with van der Waals surface area (Å²) in [5, 5.41) is 6.15. The number of carbonyl (C=O) groups excluding carboxylic acids is 1. The van der Waals surface area contributed by atoms with Crippen molar-refractivity contribution in [3.63, 3.8) is 0 Å². The molecule has 2 aliphatic rings. The molecule has 20 heavy (non-hydrogen) atoms. The van der Waals surface area contributed by atoms with Crippen LogP contribution < -0.4 is 10.6 Å². The maximum Gasteiger partial charge on any atom is 0.315 e. The van der Waals surface area contributed by atoms with Crippen LogP contribution in [-0.4, -0.2) is 31.8 Å². The zero-order chi connectivity index (χ0) is 13.9. The molecule has 0 radical (unpaired) electrons. The molecule has 1 saturated carbocycles. The number of amides is 2. The van der Waals surface area contributed by atoms with Crippen LogP contribution in [0.4, 0.5) is 4.79 Å². The van der Waals surface area contributed by atoms with Crippen LogP contribution in [0.5, 0.6) is 0 Å². The second-order valence-electron chi connectivity index (χ2n) is 5.89. The van der Waals surface area contributed by atoms with Gasteiger partial charge in [-0.05, 0) is 42.7 Å². The fourth-order valence-corrected chi connectivity index (χ4v) is 3.03. The molecule has 2 N–H and O–H groups in total. The van der Waals surface area contributed by atoms with Gasteiger partial charge in [0.15, 0.2) is 0 Å². The van der Waals surface area contributed by atoms with Crippen molar-refractivity contribution in [2.45, 2.75) is 37.8 Å². The number of benzene rings is 1. The molecule has 2 amide bonds. The molecule has 1 aromatic carbocycles. The summed E-state index contributed by atoms with van der Waals surface area (Å²) in [6.07, 6.45) is 4.26. The minimum Gasteiger partial charge on any atom is -0.383 e. The molecule has 0 heterocycles. The van der Waals surface area contributed by atoms with Crippen LogP contribution in [0, 0.1) is 5.92 Å². The Bertz CT molecular complexity index is 460. The number of carbonyl (C=O) groups is 1. The Morgan fingerprint density at radius 1 is 1.30 bits per heavy atom. The Morgan fingerprint density at radius 2 is 1.95 bits per heavy atom. The molecular weight excluding hydrogens is 252 g/mol. The number of hydrogen-bond donors (Lipinski definition) is 2. The first-order chi connectivity index (χ1) is 9.76. The lowest BCUT2D eigenvalue weighted by Crippen LogP contribution is -2.48. The SMILES string of the molecule is COC[C@@H](NC(=O)NC1Cc2ccccc2C1)C1CC1. The van der Waals surface area contributed by atoms with E-state index in [9.17, 15) is 4.79 Å². The summed E-state index contributed by atoms with van der Waals surface area (Å²) >= 11 is 0. The van der Waals surface area contributed by atoms with Crippen molar-refractivity contribution in [1.29, 1.82) is 0 Å². The third kappa shape index (κ3) is 3.12. The highest BCUT2D eigenvalue weighted by Crippen LogP contribution is 2.32. The lowest BCUT2D eigenvalue weighted by atomic mass is 10.1. The van der Waals surface area contributed by atoms with Gasteiger partial charge >= 0.3 is 6.03 Å². The number of rotatable bonds is 5. The van der Waals surface area contributed by atoms with Gasteiger partial charge in [-0.25, -0.2) is 4.79 Å². The summed E-state index contributed by atoms with van der Waals surface area (Å²) in [7, 11) is 1.68. The van der Waals surface area contributed by atoms with Gasteiger partial charge in [-0.15, -0.1) is 0 Å². The minimum absolute atomic E-state index is 0.0586. The third-order valence-electron chi connectivity index (χ3n) is 4.24. The maximum atomic E-state index is 12.1. The largest absolute Gasteiger partial charge is 0.383 e. The number of nitrogens with one attached hydrogen (secondary N) is 2. The first-order valence-electron chi connectivity index (χ1n) is 7.39. The fourth-order valence-electron chi connectivity index (χ4n) is 3.03. The van der Waals surface area contributed by atoms with Gasteiger partial charge in [0.2, 0.25) is 0 Å². The van der Waals surface area contributed by atoms with E-state index in [-0.39, 0.29) is 18.1 Å². The topological polar surface area (TPSA) is 50.4 Å². The van der Waals surface area contributed by atoms with Gasteiger partial charge in [0.25, 0.3) is 0 Å². The summed E-state index contributed by atoms with van der Waals surface area (Å²) < 4.78 is 5.18. The van der Waals surface area contributed by atoms with Crippen LogP contribution in [0.3, 0.4) is 0 Å². The predicted molar refractivity (Wildman–Crippen MR) is 77.7 cm³/mol. The molecule has 3 rings (SSSR count). The quantitative estimate of drug-likeness (QED) is 0.861. The highest BCUT2D eigenvalue weighted by atomic mass is 16.5. The summed E-state index contributed by atoms with van der Waals surface area (Å²) in [6.45, 7) is 0.600.